The highest BCUT2D eigenvalue weighted by atomic mass is 35.5. The summed E-state index contributed by atoms with van der Waals surface area (Å²) >= 11 is 12.0. The van der Waals surface area contributed by atoms with E-state index in [1.54, 1.807) is 18.2 Å². The lowest BCUT2D eigenvalue weighted by Crippen LogP contribution is -2.41. The predicted molar refractivity (Wildman–Crippen MR) is 135 cm³/mol. The number of amides is 1. The highest BCUT2D eigenvalue weighted by Crippen LogP contribution is 2.27. The molecule has 0 aliphatic carbocycles. The van der Waals surface area contributed by atoms with E-state index in [2.05, 4.69) is 17.4 Å². The maximum atomic E-state index is 13.4. The monoisotopic (exact) mass is 504 g/mol. The molecule has 0 saturated carbocycles. The lowest BCUT2D eigenvalue weighted by atomic mass is 9.96. The van der Waals surface area contributed by atoms with Gasteiger partial charge in [0.2, 0.25) is 5.91 Å². The van der Waals surface area contributed by atoms with Gasteiger partial charge < -0.3 is 5.32 Å². The second-order valence-corrected chi connectivity index (χ2v) is 10.8. The molecule has 1 N–H and O–H groups in total. The van der Waals surface area contributed by atoms with E-state index >= 15 is 0 Å². The predicted octanol–water partition coefficient (Wildman–Crippen LogP) is 5.99. The van der Waals surface area contributed by atoms with Crippen LogP contribution in [0.15, 0.2) is 65.6 Å². The lowest BCUT2D eigenvalue weighted by Gasteiger charge is -2.26. The Morgan fingerprint density at radius 2 is 1.55 bits per heavy atom. The van der Waals surface area contributed by atoms with Crippen molar-refractivity contribution < 1.29 is 13.2 Å². The van der Waals surface area contributed by atoms with E-state index in [1.807, 2.05) is 27.7 Å². The molecule has 0 saturated heterocycles. The van der Waals surface area contributed by atoms with Gasteiger partial charge in [-0.3, -0.25) is 9.10 Å². The summed E-state index contributed by atoms with van der Waals surface area (Å²) in [7, 11) is -4.05. The van der Waals surface area contributed by atoms with Crippen molar-refractivity contribution in [1.29, 1.82) is 0 Å². The lowest BCUT2D eigenvalue weighted by molar-refractivity contribution is -0.120. The van der Waals surface area contributed by atoms with E-state index in [1.165, 1.54) is 35.9 Å². The number of carbonyl (C=O) groups excluding carboxylic acids is 1. The first kappa shape index (κ1) is 25.1. The molecule has 174 valence electrons. The van der Waals surface area contributed by atoms with Crippen molar-refractivity contribution in [3.8, 4) is 0 Å². The number of sulfonamides is 1. The Balaban J connectivity index is 1.91. The molecule has 3 aromatic carbocycles. The van der Waals surface area contributed by atoms with Crippen molar-refractivity contribution in [1.82, 2.24) is 5.32 Å². The second kappa shape index (κ2) is 10.2. The molecule has 1 atom stereocenters. The Morgan fingerprint density at radius 1 is 0.909 bits per heavy atom. The van der Waals surface area contributed by atoms with Crippen molar-refractivity contribution in [2.24, 2.45) is 0 Å². The number of hydrogen-bond donors (Lipinski definition) is 1. The number of aryl methyl sites for hydroxylation is 3. The smallest absolute Gasteiger partial charge is 0.264 e. The number of nitrogens with one attached hydrogen (secondary N) is 1. The fraction of sp³-hybridized carbons (Fsp3) is 0.240. The molecule has 0 aromatic heterocycles. The molecular weight excluding hydrogens is 479 g/mol. The van der Waals surface area contributed by atoms with Gasteiger partial charge in [-0.2, -0.15) is 0 Å². The van der Waals surface area contributed by atoms with Crippen LogP contribution in [0.3, 0.4) is 0 Å². The molecule has 0 aliphatic heterocycles. The Bertz CT molecular complexity index is 1280. The molecule has 5 nitrogen and oxygen atoms in total. The fourth-order valence-corrected chi connectivity index (χ4v) is 5.35. The molecule has 1 unspecified atom stereocenters. The third-order valence-electron chi connectivity index (χ3n) is 5.51. The van der Waals surface area contributed by atoms with E-state index in [9.17, 15) is 13.2 Å². The Labute approximate surface area is 205 Å². The van der Waals surface area contributed by atoms with Crippen LogP contribution < -0.4 is 9.62 Å². The first-order chi connectivity index (χ1) is 15.5. The molecule has 0 fully saturated rings. The van der Waals surface area contributed by atoms with Crippen LogP contribution in [0.2, 0.25) is 10.0 Å². The van der Waals surface area contributed by atoms with E-state index in [0.717, 1.165) is 21.0 Å². The fourth-order valence-electron chi connectivity index (χ4n) is 3.62. The maximum absolute atomic E-state index is 13.4. The topological polar surface area (TPSA) is 66.5 Å². The highest BCUT2D eigenvalue weighted by Gasteiger charge is 2.28. The normalized spacial score (nSPS) is 12.3. The van der Waals surface area contributed by atoms with E-state index < -0.39 is 22.5 Å². The Hall–Kier alpha value is -2.54. The first-order valence-electron chi connectivity index (χ1n) is 10.4. The third kappa shape index (κ3) is 5.88. The molecule has 0 bridgehead atoms. The van der Waals surface area contributed by atoms with Gasteiger partial charge >= 0.3 is 0 Å². The molecule has 0 radical (unpaired) electrons. The SMILES string of the molecule is Cc1cc(C)c(C(C)NC(=O)CN(c2cccc(Cl)c2)S(=O)(=O)c2ccc(Cl)cc2)cc1C. The molecule has 0 spiro atoms. The van der Waals surface area contributed by atoms with Crippen molar-refractivity contribution >= 4 is 44.8 Å². The Morgan fingerprint density at radius 3 is 2.18 bits per heavy atom. The van der Waals surface area contributed by atoms with Crippen LogP contribution in [-0.2, 0) is 14.8 Å². The number of nitrogens with zero attached hydrogens (tertiary/aromatic N) is 1. The summed E-state index contributed by atoms with van der Waals surface area (Å²) in [6.07, 6.45) is 0. The zero-order valence-electron chi connectivity index (χ0n) is 18.9. The number of benzene rings is 3. The van der Waals surface area contributed by atoms with Crippen LogP contribution in [0, 0.1) is 20.8 Å². The summed E-state index contributed by atoms with van der Waals surface area (Å²) in [5.41, 5.74) is 4.65. The average molecular weight is 505 g/mol. The quantitative estimate of drug-likeness (QED) is 0.429. The zero-order valence-corrected chi connectivity index (χ0v) is 21.2. The summed E-state index contributed by atoms with van der Waals surface area (Å²) in [5, 5.41) is 3.71. The first-order valence-corrected chi connectivity index (χ1v) is 12.6. The van der Waals surface area contributed by atoms with Crippen LogP contribution in [0.25, 0.3) is 0 Å². The summed E-state index contributed by atoms with van der Waals surface area (Å²) in [6, 6.07) is 16.0. The van der Waals surface area contributed by atoms with Gasteiger partial charge in [0, 0.05) is 10.0 Å². The summed E-state index contributed by atoms with van der Waals surface area (Å²) in [5.74, 6) is -0.433. The van der Waals surface area contributed by atoms with Gasteiger partial charge in [-0.1, -0.05) is 41.4 Å². The van der Waals surface area contributed by atoms with Crippen molar-refractivity contribution in [3.05, 3.63) is 93.0 Å². The van der Waals surface area contributed by atoms with Crippen molar-refractivity contribution in [3.63, 3.8) is 0 Å². The minimum atomic E-state index is -4.05. The molecule has 0 heterocycles. The minimum Gasteiger partial charge on any atom is -0.348 e. The van der Waals surface area contributed by atoms with Crippen LogP contribution in [0.1, 0.15) is 35.2 Å². The van der Waals surface area contributed by atoms with Gasteiger partial charge in [0.15, 0.2) is 0 Å². The maximum Gasteiger partial charge on any atom is 0.264 e. The van der Waals surface area contributed by atoms with Gasteiger partial charge in [-0.05, 0) is 92.4 Å². The van der Waals surface area contributed by atoms with Gasteiger partial charge in [-0.15, -0.1) is 0 Å². The molecule has 1 amide bonds. The molecule has 0 aliphatic rings. The molecule has 3 rings (SSSR count). The molecule has 3 aromatic rings. The van der Waals surface area contributed by atoms with Crippen LogP contribution >= 0.6 is 23.2 Å². The van der Waals surface area contributed by atoms with Gasteiger partial charge in [-0.25, -0.2) is 8.42 Å². The average Bonchev–Trinajstić information content (AvgIpc) is 2.74. The van der Waals surface area contributed by atoms with Gasteiger partial charge in [0.25, 0.3) is 10.0 Å². The van der Waals surface area contributed by atoms with Crippen LogP contribution in [0.5, 0.6) is 0 Å². The summed E-state index contributed by atoms with van der Waals surface area (Å²) in [6.45, 7) is 7.53. The number of halogens is 2. The number of rotatable bonds is 7. The van der Waals surface area contributed by atoms with E-state index in [4.69, 9.17) is 23.2 Å². The minimum absolute atomic E-state index is 0.0257. The Kier molecular flexibility index (Phi) is 7.73. The van der Waals surface area contributed by atoms with Crippen molar-refractivity contribution in [2.45, 2.75) is 38.6 Å². The van der Waals surface area contributed by atoms with Gasteiger partial charge in [0.05, 0.1) is 16.6 Å². The number of carbonyl (C=O) groups is 1. The zero-order chi connectivity index (χ0) is 24.3. The molecular formula is C25H26Cl2N2O3S. The van der Waals surface area contributed by atoms with E-state index in [0.29, 0.717) is 15.7 Å². The van der Waals surface area contributed by atoms with Crippen LogP contribution in [0.4, 0.5) is 5.69 Å². The van der Waals surface area contributed by atoms with Crippen LogP contribution in [-0.4, -0.2) is 20.9 Å². The van der Waals surface area contributed by atoms with E-state index in [-0.39, 0.29) is 10.9 Å². The largest absolute Gasteiger partial charge is 0.348 e. The second-order valence-electron chi connectivity index (χ2n) is 8.03. The summed E-state index contributed by atoms with van der Waals surface area (Å²) in [4.78, 5) is 13.0. The number of anilines is 1. The third-order valence-corrected chi connectivity index (χ3v) is 7.79. The van der Waals surface area contributed by atoms with Gasteiger partial charge in [0.1, 0.15) is 6.54 Å². The summed E-state index contributed by atoms with van der Waals surface area (Å²) < 4.78 is 27.9. The van der Waals surface area contributed by atoms with Crippen molar-refractivity contribution in [2.75, 3.05) is 10.8 Å². The standard InChI is InChI=1S/C25H26Cl2N2O3S/c1-16-12-18(3)24(13-17(16)2)19(4)28-25(30)15-29(22-7-5-6-21(27)14-22)33(31,32)23-10-8-20(26)9-11-23/h5-14,19H,15H2,1-4H3,(H,28,30). The number of hydrogen-bond acceptors (Lipinski definition) is 3. The molecule has 33 heavy (non-hydrogen) atoms. The molecule has 8 heteroatoms. The highest BCUT2D eigenvalue weighted by molar-refractivity contribution is 7.92.